The highest BCUT2D eigenvalue weighted by molar-refractivity contribution is 6.30. The van der Waals surface area contributed by atoms with E-state index >= 15 is 0 Å². The number of hydrogen-bond acceptors (Lipinski definition) is 6. The zero-order chi connectivity index (χ0) is 26.4. The summed E-state index contributed by atoms with van der Waals surface area (Å²) >= 11 is 5.98. The number of pyridine rings is 1. The van der Waals surface area contributed by atoms with E-state index in [0.717, 1.165) is 29.0 Å². The van der Waals surface area contributed by atoms with Crippen LogP contribution in [0.25, 0.3) is 16.8 Å². The Morgan fingerprint density at radius 3 is 2.50 bits per heavy atom. The van der Waals surface area contributed by atoms with Crippen LogP contribution in [0.2, 0.25) is 5.02 Å². The normalized spacial score (nSPS) is 18.5. The van der Waals surface area contributed by atoms with Crippen molar-refractivity contribution >= 4 is 17.4 Å². The van der Waals surface area contributed by atoms with Gasteiger partial charge in [-0.2, -0.15) is 5.26 Å². The number of aliphatic hydroxyl groups is 1. The highest BCUT2D eigenvalue weighted by Crippen LogP contribution is 2.36. The quantitative estimate of drug-likeness (QED) is 0.515. The van der Waals surface area contributed by atoms with E-state index < -0.39 is 53.9 Å². The Morgan fingerprint density at radius 2 is 1.92 bits per heavy atom. The molecule has 3 aromatic rings. The maximum atomic E-state index is 14.2. The van der Waals surface area contributed by atoms with Crippen molar-refractivity contribution < 1.29 is 22.7 Å². The number of nitrogens with zero attached hydrogens (tertiary/aromatic N) is 5. The Morgan fingerprint density at radius 1 is 1.19 bits per heavy atom. The van der Waals surface area contributed by atoms with Crippen LogP contribution in [-0.2, 0) is 0 Å². The van der Waals surface area contributed by atoms with Crippen molar-refractivity contribution in [3.63, 3.8) is 0 Å². The molecule has 0 radical (unpaired) electrons. The SMILES string of the molecule is C[C@@H](C#N)n1c(N2CC[C@](O)(C(F)F)C2)c(-c2ccc(F)c(F)c2)c(=O)n(-c2cncc(Cl)c2)c1=O. The Hall–Kier alpha value is -3.69. The molecule has 2 aromatic heterocycles. The van der Waals surface area contributed by atoms with Crippen LogP contribution in [0.15, 0.2) is 46.2 Å². The van der Waals surface area contributed by atoms with Crippen LogP contribution in [0.5, 0.6) is 0 Å². The van der Waals surface area contributed by atoms with E-state index in [2.05, 4.69) is 4.98 Å². The fourth-order valence-corrected chi connectivity index (χ4v) is 4.33. The molecule has 3 heterocycles. The van der Waals surface area contributed by atoms with Gasteiger partial charge in [-0.3, -0.25) is 14.3 Å². The van der Waals surface area contributed by atoms with Crippen LogP contribution in [-0.4, -0.2) is 44.3 Å². The predicted octanol–water partition coefficient (Wildman–Crippen LogP) is 3.28. The number of β-amino-alcohol motifs (C(OH)–C–C–N with tert-alkyl or cyclic N) is 1. The molecule has 4 rings (SSSR count). The molecule has 1 N–H and O–H groups in total. The van der Waals surface area contributed by atoms with Gasteiger partial charge in [0.2, 0.25) is 0 Å². The van der Waals surface area contributed by atoms with Crippen LogP contribution >= 0.6 is 11.6 Å². The minimum atomic E-state index is -3.14. The molecule has 0 unspecified atom stereocenters. The van der Waals surface area contributed by atoms with E-state index in [9.17, 15) is 37.5 Å². The second-order valence-corrected chi connectivity index (χ2v) is 8.80. The molecule has 1 saturated heterocycles. The van der Waals surface area contributed by atoms with Crippen molar-refractivity contribution in [2.45, 2.75) is 31.4 Å². The lowest BCUT2D eigenvalue weighted by Crippen LogP contribution is -2.46. The summed E-state index contributed by atoms with van der Waals surface area (Å²) in [4.78, 5) is 32.4. The van der Waals surface area contributed by atoms with Crippen molar-refractivity contribution in [3.8, 4) is 22.9 Å². The van der Waals surface area contributed by atoms with Gasteiger partial charge in [-0.05, 0) is 30.7 Å². The van der Waals surface area contributed by atoms with E-state index in [1.165, 1.54) is 24.1 Å². The number of nitriles is 1. The third-order valence-corrected chi connectivity index (χ3v) is 6.19. The van der Waals surface area contributed by atoms with Crippen LogP contribution in [0.3, 0.4) is 0 Å². The van der Waals surface area contributed by atoms with Gasteiger partial charge in [-0.15, -0.1) is 0 Å². The Bertz CT molecular complexity index is 1500. The minimum absolute atomic E-state index is 0.0720. The van der Waals surface area contributed by atoms with Gasteiger partial charge in [-0.1, -0.05) is 17.7 Å². The van der Waals surface area contributed by atoms with Crippen LogP contribution in [0.1, 0.15) is 19.4 Å². The number of alkyl halides is 2. The zero-order valence-corrected chi connectivity index (χ0v) is 19.4. The van der Waals surface area contributed by atoms with E-state index in [1.54, 1.807) is 0 Å². The topological polar surface area (TPSA) is 104 Å². The summed E-state index contributed by atoms with van der Waals surface area (Å²) in [5.41, 5.74) is -5.10. The van der Waals surface area contributed by atoms with Crippen LogP contribution < -0.4 is 16.1 Å². The van der Waals surface area contributed by atoms with Gasteiger partial charge in [0.15, 0.2) is 11.6 Å². The highest BCUT2D eigenvalue weighted by atomic mass is 35.5. The lowest BCUT2D eigenvalue weighted by Gasteiger charge is -2.29. The highest BCUT2D eigenvalue weighted by Gasteiger charge is 2.46. The fraction of sp³-hybridized carbons (Fsp3) is 0.304. The van der Waals surface area contributed by atoms with Crippen molar-refractivity contribution in [3.05, 3.63) is 74.2 Å². The number of hydrogen-bond donors (Lipinski definition) is 1. The molecular formula is C23H18ClF4N5O3. The average molecular weight is 524 g/mol. The van der Waals surface area contributed by atoms with Gasteiger partial charge >= 0.3 is 5.69 Å². The van der Waals surface area contributed by atoms with E-state index in [-0.39, 0.29) is 34.2 Å². The van der Waals surface area contributed by atoms with Crippen molar-refractivity contribution in [2.75, 3.05) is 18.0 Å². The first-order valence-corrected chi connectivity index (χ1v) is 11.0. The predicted molar refractivity (Wildman–Crippen MR) is 123 cm³/mol. The molecule has 0 spiro atoms. The molecule has 0 saturated carbocycles. The van der Waals surface area contributed by atoms with Crippen molar-refractivity contribution in [2.24, 2.45) is 0 Å². The molecule has 1 aliphatic heterocycles. The summed E-state index contributed by atoms with van der Waals surface area (Å²) in [7, 11) is 0. The largest absolute Gasteiger partial charge is 0.382 e. The maximum absolute atomic E-state index is 14.2. The number of anilines is 1. The second-order valence-electron chi connectivity index (χ2n) is 8.36. The maximum Gasteiger partial charge on any atom is 0.338 e. The first-order valence-electron chi connectivity index (χ1n) is 10.6. The Kier molecular flexibility index (Phi) is 6.64. The van der Waals surface area contributed by atoms with Crippen LogP contribution in [0, 0.1) is 23.0 Å². The summed E-state index contributed by atoms with van der Waals surface area (Å²) < 4.78 is 56.6. The number of rotatable bonds is 5. The van der Waals surface area contributed by atoms with E-state index in [4.69, 9.17) is 11.6 Å². The summed E-state index contributed by atoms with van der Waals surface area (Å²) in [6.07, 6.45) is -1.12. The number of benzene rings is 1. The molecule has 0 aliphatic carbocycles. The zero-order valence-electron chi connectivity index (χ0n) is 18.6. The number of aromatic nitrogens is 3. The molecule has 8 nitrogen and oxygen atoms in total. The summed E-state index contributed by atoms with van der Waals surface area (Å²) in [6.45, 7) is 0.443. The standard InChI is InChI=1S/C23H18ClF4N5O3/c1-12(8-29)32-19(31-5-4-23(36,11-31)21(27)28)18(13-2-3-16(25)17(26)6-13)20(34)33(22(32)35)15-7-14(24)9-30-10-15/h2-3,6-7,9-10,12,21,36H,4-5,11H2,1H3/t12-,23+/m0/s1. The molecule has 188 valence electrons. The molecule has 0 bridgehead atoms. The molecule has 0 amide bonds. The average Bonchev–Trinajstić information content (AvgIpc) is 3.23. The third-order valence-electron chi connectivity index (χ3n) is 5.98. The summed E-state index contributed by atoms with van der Waals surface area (Å²) in [5.74, 6) is -2.79. The summed E-state index contributed by atoms with van der Waals surface area (Å²) in [5, 5.41) is 20.1. The third kappa shape index (κ3) is 4.25. The summed E-state index contributed by atoms with van der Waals surface area (Å²) in [6, 6.07) is 4.46. The lowest BCUT2D eigenvalue weighted by atomic mass is 10.0. The van der Waals surface area contributed by atoms with Gasteiger partial charge in [0.1, 0.15) is 17.5 Å². The monoisotopic (exact) mass is 523 g/mol. The molecule has 1 aliphatic rings. The van der Waals surface area contributed by atoms with Gasteiger partial charge in [-0.25, -0.2) is 26.9 Å². The molecular weight excluding hydrogens is 506 g/mol. The fourth-order valence-electron chi connectivity index (χ4n) is 4.16. The van der Waals surface area contributed by atoms with Gasteiger partial charge in [0.05, 0.1) is 35.1 Å². The molecule has 1 fully saturated rings. The van der Waals surface area contributed by atoms with Gasteiger partial charge in [0.25, 0.3) is 12.0 Å². The van der Waals surface area contributed by atoms with Gasteiger partial charge < -0.3 is 10.0 Å². The second kappa shape index (κ2) is 9.40. The minimum Gasteiger partial charge on any atom is -0.382 e. The van der Waals surface area contributed by atoms with Crippen LogP contribution in [0.4, 0.5) is 23.4 Å². The number of halogens is 5. The lowest BCUT2D eigenvalue weighted by molar-refractivity contribution is -0.0801. The molecule has 2 atom stereocenters. The molecule has 13 heteroatoms. The first kappa shape index (κ1) is 25.4. The Balaban J connectivity index is 2.14. The van der Waals surface area contributed by atoms with E-state index in [1.807, 2.05) is 6.07 Å². The Labute approximate surface area is 206 Å². The van der Waals surface area contributed by atoms with Gasteiger partial charge in [0, 0.05) is 19.2 Å². The van der Waals surface area contributed by atoms with E-state index in [0.29, 0.717) is 4.57 Å². The van der Waals surface area contributed by atoms with Crippen molar-refractivity contribution in [1.29, 1.82) is 5.26 Å². The molecule has 1 aromatic carbocycles. The smallest absolute Gasteiger partial charge is 0.338 e. The molecule has 36 heavy (non-hydrogen) atoms. The first-order chi connectivity index (χ1) is 17.0. The van der Waals surface area contributed by atoms with Crippen molar-refractivity contribution in [1.82, 2.24) is 14.1 Å².